The zero-order valence-electron chi connectivity index (χ0n) is 11.7. The minimum Gasteiger partial charge on any atom is -0.397 e. The third kappa shape index (κ3) is 5.57. The zero-order chi connectivity index (χ0) is 15.1. The number of amides is 1. The molecule has 0 aromatic heterocycles. The summed E-state index contributed by atoms with van der Waals surface area (Å²) < 4.78 is 5.41. The zero-order valence-corrected chi connectivity index (χ0v) is 13.2. The standard InChI is InChI=1S/C14H20Cl2N2O2/c1-9(2)3-5-20-6-4-18-14(19)10-7-11(15)13(16)12(17)8-10/h7-9H,3-6,17H2,1-2H3,(H,18,19). The lowest BCUT2D eigenvalue weighted by molar-refractivity contribution is 0.0906. The molecule has 0 saturated heterocycles. The van der Waals surface area contributed by atoms with Crippen molar-refractivity contribution >= 4 is 34.8 Å². The van der Waals surface area contributed by atoms with Gasteiger partial charge in [-0.2, -0.15) is 0 Å². The lowest BCUT2D eigenvalue weighted by atomic mass is 10.1. The lowest BCUT2D eigenvalue weighted by Crippen LogP contribution is -2.27. The van der Waals surface area contributed by atoms with Crippen molar-refractivity contribution in [2.24, 2.45) is 5.92 Å². The predicted molar refractivity (Wildman–Crippen MR) is 83.5 cm³/mol. The molecule has 1 aromatic rings. The van der Waals surface area contributed by atoms with E-state index in [9.17, 15) is 4.79 Å². The first kappa shape index (κ1) is 17.1. The third-order valence-corrected chi connectivity index (χ3v) is 3.51. The molecule has 0 aliphatic rings. The van der Waals surface area contributed by atoms with Gasteiger partial charge in [0.2, 0.25) is 0 Å². The molecule has 0 radical (unpaired) electrons. The molecule has 112 valence electrons. The normalized spacial score (nSPS) is 10.8. The van der Waals surface area contributed by atoms with Crippen LogP contribution in [0.25, 0.3) is 0 Å². The van der Waals surface area contributed by atoms with Crippen LogP contribution in [-0.2, 0) is 4.74 Å². The van der Waals surface area contributed by atoms with E-state index in [0.29, 0.717) is 31.2 Å². The van der Waals surface area contributed by atoms with Crippen LogP contribution in [0.5, 0.6) is 0 Å². The van der Waals surface area contributed by atoms with Crippen LogP contribution in [0.4, 0.5) is 5.69 Å². The third-order valence-electron chi connectivity index (χ3n) is 2.69. The number of nitrogens with one attached hydrogen (secondary N) is 1. The fourth-order valence-electron chi connectivity index (χ4n) is 1.50. The first-order valence-corrected chi connectivity index (χ1v) is 7.28. The number of hydrogen-bond acceptors (Lipinski definition) is 3. The minimum absolute atomic E-state index is 0.247. The van der Waals surface area contributed by atoms with Crippen molar-refractivity contribution in [3.8, 4) is 0 Å². The maximum Gasteiger partial charge on any atom is 0.251 e. The van der Waals surface area contributed by atoms with Gasteiger partial charge in [0.1, 0.15) is 0 Å². The van der Waals surface area contributed by atoms with Gasteiger partial charge >= 0.3 is 0 Å². The average molecular weight is 319 g/mol. The Labute approximate surface area is 129 Å². The number of anilines is 1. The summed E-state index contributed by atoms with van der Waals surface area (Å²) in [6, 6.07) is 3.00. The van der Waals surface area contributed by atoms with Crippen molar-refractivity contribution in [3.05, 3.63) is 27.7 Å². The van der Waals surface area contributed by atoms with Crippen molar-refractivity contribution < 1.29 is 9.53 Å². The van der Waals surface area contributed by atoms with Gasteiger partial charge in [-0.25, -0.2) is 0 Å². The van der Waals surface area contributed by atoms with Gasteiger partial charge in [-0.05, 0) is 24.5 Å². The van der Waals surface area contributed by atoms with Crippen molar-refractivity contribution in [1.29, 1.82) is 0 Å². The highest BCUT2D eigenvalue weighted by molar-refractivity contribution is 6.43. The van der Waals surface area contributed by atoms with Gasteiger partial charge < -0.3 is 15.8 Å². The van der Waals surface area contributed by atoms with E-state index in [1.165, 1.54) is 12.1 Å². The largest absolute Gasteiger partial charge is 0.397 e. The first-order chi connectivity index (χ1) is 9.41. The van der Waals surface area contributed by atoms with Crippen LogP contribution in [0.1, 0.15) is 30.6 Å². The quantitative estimate of drug-likeness (QED) is 0.598. The van der Waals surface area contributed by atoms with E-state index in [0.717, 1.165) is 6.42 Å². The Bertz CT molecular complexity index is 441. The predicted octanol–water partition coefficient (Wildman–Crippen LogP) is 3.37. The summed E-state index contributed by atoms with van der Waals surface area (Å²) in [4.78, 5) is 11.9. The number of nitrogen functional groups attached to an aromatic ring is 1. The molecule has 0 fully saturated rings. The topological polar surface area (TPSA) is 64.3 Å². The van der Waals surface area contributed by atoms with Crippen LogP contribution in [0, 0.1) is 5.92 Å². The summed E-state index contributed by atoms with van der Waals surface area (Å²) in [5, 5.41) is 3.27. The van der Waals surface area contributed by atoms with Crippen molar-refractivity contribution in [2.75, 3.05) is 25.5 Å². The number of carbonyl (C=O) groups excluding carboxylic acids is 1. The Morgan fingerprint density at radius 1 is 1.35 bits per heavy atom. The SMILES string of the molecule is CC(C)CCOCCNC(=O)c1cc(N)c(Cl)c(Cl)c1. The van der Waals surface area contributed by atoms with E-state index in [4.69, 9.17) is 33.7 Å². The Hall–Kier alpha value is -0.970. The number of ether oxygens (including phenoxy) is 1. The lowest BCUT2D eigenvalue weighted by Gasteiger charge is -2.09. The van der Waals surface area contributed by atoms with Gasteiger partial charge in [0.05, 0.1) is 22.3 Å². The van der Waals surface area contributed by atoms with E-state index in [2.05, 4.69) is 19.2 Å². The summed E-state index contributed by atoms with van der Waals surface area (Å²) >= 11 is 11.7. The Morgan fingerprint density at radius 2 is 2.05 bits per heavy atom. The van der Waals surface area contributed by atoms with Crippen molar-refractivity contribution in [1.82, 2.24) is 5.32 Å². The molecule has 0 aliphatic heterocycles. The summed E-state index contributed by atoms with van der Waals surface area (Å²) in [5.74, 6) is 0.367. The average Bonchev–Trinajstić information content (AvgIpc) is 2.38. The van der Waals surface area contributed by atoms with Gasteiger partial charge in [-0.1, -0.05) is 37.0 Å². The summed E-state index contributed by atoms with van der Waals surface area (Å²) in [6.45, 7) is 5.90. The molecule has 6 heteroatoms. The van der Waals surface area contributed by atoms with E-state index in [-0.39, 0.29) is 21.6 Å². The fraction of sp³-hybridized carbons (Fsp3) is 0.500. The molecule has 0 atom stereocenters. The van der Waals surface area contributed by atoms with Crippen LogP contribution in [0.15, 0.2) is 12.1 Å². The number of nitrogens with two attached hydrogens (primary N) is 1. The first-order valence-electron chi connectivity index (χ1n) is 6.52. The summed E-state index contributed by atoms with van der Waals surface area (Å²) in [6.07, 6.45) is 1.01. The molecule has 1 aromatic carbocycles. The molecule has 0 bridgehead atoms. The molecule has 20 heavy (non-hydrogen) atoms. The molecule has 0 saturated carbocycles. The van der Waals surface area contributed by atoms with E-state index in [1.807, 2.05) is 0 Å². The maximum absolute atomic E-state index is 11.9. The minimum atomic E-state index is -0.247. The Kier molecular flexibility index (Phi) is 7.13. The molecule has 0 heterocycles. The molecule has 1 rings (SSSR count). The molecule has 0 aliphatic carbocycles. The number of rotatable bonds is 7. The highest BCUT2D eigenvalue weighted by atomic mass is 35.5. The fourth-order valence-corrected chi connectivity index (χ4v) is 1.84. The number of halogens is 2. The van der Waals surface area contributed by atoms with Crippen LogP contribution >= 0.6 is 23.2 Å². The maximum atomic E-state index is 11.9. The van der Waals surface area contributed by atoms with Gasteiger partial charge in [-0.3, -0.25) is 4.79 Å². The van der Waals surface area contributed by atoms with Gasteiger partial charge in [0.15, 0.2) is 0 Å². The van der Waals surface area contributed by atoms with Gasteiger partial charge in [-0.15, -0.1) is 0 Å². The van der Waals surface area contributed by atoms with Crippen molar-refractivity contribution in [3.63, 3.8) is 0 Å². The van der Waals surface area contributed by atoms with Gasteiger partial charge in [0, 0.05) is 18.7 Å². The van der Waals surface area contributed by atoms with E-state index < -0.39 is 0 Å². The molecular weight excluding hydrogens is 299 g/mol. The van der Waals surface area contributed by atoms with E-state index in [1.54, 1.807) is 0 Å². The van der Waals surface area contributed by atoms with E-state index >= 15 is 0 Å². The number of benzene rings is 1. The molecule has 0 unspecified atom stereocenters. The molecule has 4 nitrogen and oxygen atoms in total. The Morgan fingerprint density at radius 3 is 2.65 bits per heavy atom. The molecule has 3 N–H and O–H groups in total. The Balaban J connectivity index is 2.36. The monoisotopic (exact) mass is 318 g/mol. The van der Waals surface area contributed by atoms with Crippen LogP contribution in [-0.4, -0.2) is 25.7 Å². The molecule has 1 amide bonds. The van der Waals surface area contributed by atoms with Crippen LogP contribution < -0.4 is 11.1 Å². The highest BCUT2D eigenvalue weighted by Crippen LogP contribution is 2.29. The number of carbonyl (C=O) groups is 1. The van der Waals surface area contributed by atoms with Crippen molar-refractivity contribution in [2.45, 2.75) is 20.3 Å². The molecular formula is C14H20Cl2N2O2. The number of hydrogen-bond donors (Lipinski definition) is 2. The summed E-state index contributed by atoms with van der Waals surface area (Å²) in [7, 11) is 0. The van der Waals surface area contributed by atoms with Crippen LogP contribution in [0.2, 0.25) is 10.0 Å². The van der Waals surface area contributed by atoms with Crippen LogP contribution in [0.3, 0.4) is 0 Å². The van der Waals surface area contributed by atoms with Gasteiger partial charge in [0.25, 0.3) is 5.91 Å². The molecule has 0 spiro atoms. The second-order valence-corrected chi connectivity index (χ2v) is 5.70. The summed E-state index contributed by atoms with van der Waals surface area (Å²) in [5.41, 5.74) is 6.34. The smallest absolute Gasteiger partial charge is 0.251 e. The second-order valence-electron chi connectivity index (χ2n) is 4.91. The highest BCUT2D eigenvalue weighted by Gasteiger charge is 2.10. The second kappa shape index (κ2) is 8.35.